The summed E-state index contributed by atoms with van der Waals surface area (Å²) in [5, 5.41) is 2.84. The normalized spacial score (nSPS) is 26.9. The van der Waals surface area contributed by atoms with Gasteiger partial charge in [0.2, 0.25) is 11.8 Å². The lowest BCUT2D eigenvalue weighted by molar-refractivity contribution is -0.147. The molecule has 0 aromatic carbocycles. The van der Waals surface area contributed by atoms with Crippen LogP contribution in [-0.4, -0.2) is 35.3 Å². The topological polar surface area (TPSA) is 49.4 Å². The van der Waals surface area contributed by atoms with E-state index in [9.17, 15) is 9.59 Å². The van der Waals surface area contributed by atoms with Gasteiger partial charge in [0, 0.05) is 6.04 Å². The fraction of sp³-hybridized carbons (Fsp3) is 0.846. The number of hydrogen-bond acceptors (Lipinski definition) is 2. The number of nitrogens with one attached hydrogen (secondary N) is 1. The van der Waals surface area contributed by atoms with E-state index < -0.39 is 0 Å². The summed E-state index contributed by atoms with van der Waals surface area (Å²) in [6, 6.07) is -0.0462. The van der Waals surface area contributed by atoms with Gasteiger partial charge in [-0.2, -0.15) is 0 Å². The van der Waals surface area contributed by atoms with Crippen molar-refractivity contribution >= 4 is 11.8 Å². The summed E-state index contributed by atoms with van der Waals surface area (Å²) in [6.45, 7) is 4.44. The van der Waals surface area contributed by atoms with E-state index in [0.29, 0.717) is 5.92 Å². The van der Waals surface area contributed by atoms with Crippen molar-refractivity contribution in [2.75, 3.05) is 6.54 Å². The maximum Gasteiger partial charge on any atom is 0.246 e. The van der Waals surface area contributed by atoms with Gasteiger partial charge in [0.05, 0.1) is 6.54 Å². The first-order chi connectivity index (χ1) is 8.13. The van der Waals surface area contributed by atoms with E-state index in [1.165, 1.54) is 0 Å². The van der Waals surface area contributed by atoms with Crippen molar-refractivity contribution in [2.24, 2.45) is 5.92 Å². The second kappa shape index (κ2) is 5.07. The van der Waals surface area contributed by atoms with Crippen molar-refractivity contribution in [3.8, 4) is 0 Å². The predicted octanol–water partition coefficient (Wildman–Crippen LogP) is 1.30. The minimum Gasteiger partial charge on any atom is -0.342 e. The molecule has 0 aromatic rings. The molecule has 0 aromatic heterocycles. The van der Waals surface area contributed by atoms with Crippen LogP contribution in [-0.2, 0) is 9.59 Å². The summed E-state index contributed by atoms with van der Waals surface area (Å²) < 4.78 is 0. The number of piperazine rings is 1. The first-order valence-corrected chi connectivity index (χ1v) is 6.73. The lowest BCUT2D eigenvalue weighted by Crippen LogP contribution is -2.60. The van der Waals surface area contributed by atoms with Crippen molar-refractivity contribution < 1.29 is 9.59 Å². The Morgan fingerprint density at radius 1 is 1.41 bits per heavy atom. The lowest BCUT2D eigenvalue weighted by Gasteiger charge is -2.36. The van der Waals surface area contributed by atoms with Crippen molar-refractivity contribution in [3.63, 3.8) is 0 Å². The summed E-state index contributed by atoms with van der Waals surface area (Å²) in [5.74, 6) is 0.535. The highest BCUT2D eigenvalue weighted by Crippen LogP contribution is 2.34. The number of carbonyl (C=O) groups is 2. The van der Waals surface area contributed by atoms with Gasteiger partial charge in [-0.05, 0) is 32.1 Å². The predicted molar refractivity (Wildman–Crippen MR) is 65.4 cm³/mol. The van der Waals surface area contributed by atoms with E-state index in [-0.39, 0.29) is 30.4 Å². The van der Waals surface area contributed by atoms with Crippen LogP contribution in [0, 0.1) is 5.92 Å². The van der Waals surface area contributed by atoms with E-state index in [2.05, 4.69) is 19.2 Å². The van der Waals surface area contributed by atoms with E-state index in [4.69, 9.17) is 0 Å². The molecule has 1 aliphatic carbocycles. The van der Waals surface area contributed by atoms with Gasteiger partial charge in [0.15, 0.2) is 0 Å². The smallest absolute Gasteiger partial charge is 0.246 e. The highest BCUT2D eigenvalue weighted by molar-refractivity contribution is 5.95. The zero-order valence-electron chi connectivity index (χ0n) is 10.7. The monoisotopic (exact) mass is 238 g/mol. The molecule has 0 radical (unpaired) electrons. The molecule has 2 fully saturated rings. The lowest BCUT2D eigenvalue weighted by atomic mass is 10.0. The summed E-state index contributed by atoms with van der Waals surface area (Å²) >= 11 is 0. The Hall–Kier alpha value is -1.06. The Kier molecular flexibility index (Phi) is 3.69. The molecular formula is C13H22N2O2. The van der Waals surface area contributed by atoms with Crippen molar-refractivity contribution in [2.45, 2.75) is 58.0 Å². The van der Waals surface area contributed by atoms with Gasteiger partial charge in [0.25, 0.3) is 0 Å². The molecule has 0 bridgehead atoms. The number of carbonyl (C=O) groups excluding carboxylic acids is 2. The van der Waals surface area contributed by atoms with Gasteiger partial charge in [-0.1, -0.05) is 19.8 Å². The number of hydrogen-bond donors (Lipinski definition) is 1. The Morgan fingerprint density at radius 2 is 2.12 bits per heavy atom. The van der Waals surface area contributed by atoms with Crippen molar-refractivity contribution in [3.05, 3.63) is 0 Å². The molecule has 1 saturated carbocycles. The van der Waals surface area contributed by atoms with Crippen LogP contribution in [0.15, 0.2) is 0 Å². The fourth-order valence-corrected chi connectivity index (χ4v) is 2.47. The molecule has 4 nitrogen and oxygen atoms in total. The first-order valence-electron chi connectivity index (χ1n) is 6.73. The van der Waals surface area contributed by atoms with Gasteiger partial charge >= 0.3 is 0 Å². The molecule has 2 rings (SSSR count). The van der Waals surface area contributed by atoms with E-state index in [1.54, 1.807) is 4.90 Å². The second-order valence-electron chi connectivity index (χ2n) is 5.34. The number of unbranched alkanes of at least 4 members (excludes halogenated alkanes) is 1. The Morgan fingerprint density at radius 3 is 2.71 bits per heavy atom. The van der Waals surface area contributed by atoms with Crippen LogP contribution in [0.4, 0.5) is 0 Å². The molecule has 1 aliphatic heterocycles. The van der Waals surface area contributed by atoms with E-state index >= 15 is 0 Å². The zero-order chi connectivity index (χ0) is 12.4. The van der Waals surface area contributed by atoms with Crippen LogP contribution in [0.25, 0.3) is 0 Å². The first kappa shape index (κ1) is 12.4. The largest absolute Gasteiger partial charge is 0.342 e. The highest BCUT2D eigenvalue weighted by atomic mass is 16.2. The Bertz CT molecular complexity index is 313. The maximum absolute atomic E-state index is 12.3. The third-order valence-corrected chi connectivity index (χ3v) is 3.78. The maximum atomic E-state index is 12.3. The highest BCUT2D eigenvalue weighted by Gasteiger charge is 2.43. The number of nitrogens with zero attached hydrogens (tertiary/aromatic N) is 1. The van der Waals surface area contributed by atoms with Gasteiger partial charge in [-0.15, -0.1) is 0 Å². The number of rotatable bonds is 5. The summed E-state index contributed by atoms with van der Waals surface area (Å²) in [4.78, 5) is 25.7. The van der Waals surface area contributed by atoms with Crippen molar-refractivity contribution in [1.82, 2.24) is 10.2 Å². The van der Waals surface area contributed by atoms with Gasteiger partial charge in [0.1, 0.15) is 6.04 Å². The molecule has 0 spiro atoms. The molecule has 1 N–H and O–H groups in total. The minimum atomic E-state index is -0.236. The molecule has 2 aliphatic rings. The molecule has 2 atom stereocenters. The summed E-state index contributed by atoms with van der Waals surface area (Å²) in [7, 11) is 0. The molecule has 17 heavy (non-hydrogen) atoms. The van der Waals surface area contributed by atoms with Crippen LogP contribution in [0.5, 0.6) is 0 Å². The standard InChI is InChI=1S/C13H22N2O2/c1-3-4-5-9(2)15-8-11(16)14-12(13(15)17)10-6-7-10/h9-10,12H,3-8H2,1-2H3,(H,14,16). The molecule has 2 amide bonds. The molecule has 2 unspecified atom stereocenters. The van der Waals surface area contributed by atoms with Gasteiger partial charge < -0.3 is 10.2 Å². The zero-order valence-corrected chi connectivity index (χ0v) is 10.7. The second-order valence-corrected chi connectivity index (χ2v) is 5.34. The summed E-state index contributed by atoms with van der Waals surface area (Å²) in [5.41, 5.74) is 0. The van der Waals surface area contributed by atoms with Crippen molar-refractivity contribution in [1.29, 1.82) is 0 Å². The van der Waals surface area contributed by atoms with Crippen LogP contribution in [0.2, 0.25) is 0 Å². The molecule has 96 valence electrons. The van der Waals surface area contributed by atoms with Crippen LogP contribution < -0.4 is 5.32 Å². The quantitative estimate of drug-likeness (QED) is 0.785. The third kappa shape index (κ3) is 2.79. The van der Waals surface area contributed by atoms with E-state index in [0.717, 1.165) is 32.1 Å². The van der Waals surface area contributed by atoms with Crippen LogP contribution in [0.1, 0.15) is 46.0 Å². The molecule has 1 saturated heterocycles. The number of amides is 2. The Labute approximate surface area is 103 Å². The fourth-order valence-electron chi connectivity index (χ4n) is 2.47. The Balaban J connectivity index is 1.99. The van der Waals surface area contributed by atoms with Crippen LogP contribution >= 0.6 is 0 Å². The molecule has 4 heteroatoms. The van der Waals surface area contributed by atoms with E-state index in [1.807, 2.05) is 0 Å². The molecular weight excluding hydrogens is 216 g/mol. The van der Waals surface area contributed by atoms with Gasteiger partial charge in [-0.25, -0.2) is 0 Å². The SMILES string of the molecule is CCCCC(C)N1CC(=O)NC(C2CC2)C1=O. The summed E-state index contributed by atoms with van der Waals surface area (Å²) in [6.07, 6.45) is 5.39. The third-order valence-electron chi connectivity index (χ3n) is 3.78. The van der Waals surface area contributed by atoms with Gasteiger partial charge in [-0.3, -0.25) is 9.59 Å². The minimum absolute atomic E-state index is 0.00449. The van der Waals surface area contributed by atoms with Crippen LogP contribution in [0.3, 0.4) is 0 Å². The molecule has 1 heterocycles. The average molecular weight is 238 g/mol. The average Bonchev–Trinajstić information content (AvgIpc) is 3.12.